The fourth-order valence-electron chi connectivity index (χ4n) is 5.29. The molecule has 0 saturated heterocycles. The third-order valence-electron chi connectivity index (χ3n) is 7.17. The summed E-state index contributed by atoms with van der Waals surface area (Å²) in [6.45, 7) is 5.67. The summed E-state index contributed by atoms with van der Waals surface area (Å²) < 4.78 is 24.1. The quantitative estimate of drug-likeness (QED) is 0.226. The van der Waals surface area contributed by atoms with Gasteiger partial charge >= 0.3 is 5.97 Å². The fraction of sp³-hybridized carbons (Fsp3) is 0.182. The van der Waals surface area contributed by atoms with Crippen molar-refractivity contribution < 1.29 is 13.9 Å². The number of esters is 1. The molecule has 1 aliphatic heterocycles. The Morgan fingerprint density at radius 1 is 1.10 bits per heavy atom. The van der Waals surface area contributed by atoms with Gasteiger partial charge < -0.3 is 9.30 Å². The van der Waals surface area contributed by atoms with Crippen molar-refractivity contribution in [2.24, 2.45) is 4.99 Å². The lowest BCUT2D eigenvalue weighted by molar-refractivity contribution is -0.143. The molecule has 0 bridgehead atoms. The number of hydrogen-bond donors (Lipinski definition) is 0. The van der Waals surface area contributed by atoms with Gasteiger partial charge in [-0.2, -0.15) is 0 Å². The molecule has 3 heterocycles. The van der Waals surface area contributed by atoms with Gasteiger partial charge in [0.2, 0.25) is 0 Å². The zero-order chi connectivity index (χ0) is 29.5. The first kappa shape index (κ1) is 27.9. The van der Waals surface area contributed by atoms with Gasteiger partial charge in [0.25, 0.3) is 5.56 Å². The van der Waals surface area contributed by atoms with Crippen molar-refractivity contribution in [2.75, 3.05) is 0 Å². The molecular weight excluding hydrogens is 573 g/mol. The van der Waals surface area contributed by atoms with E-state index in [1.54, 1.807) is 49.6 Å². The minimum Gasteiger partial charge on any atom is -0.459 e. The van der Waals surface area contributed by atoms with Gasteiger partial charge in [-0.15, -0.1) is 0 Å². The van der Waals surface area contributed by atoms with Crippen molar-refractivity contribution in [3.8, 4) is 0 Å². The van der Waals surface area contributed by atoms with E-state index in [0.717, 1.165) is 22.0 Å². The van der Waals surface area contributed by atoms with Crippen molar-refractivity contribution in [1.82, 2.24) is 9.13 Å². The number of rotatable bonds is 6. The molecule has 1 atom stereocenters. The standard InChI is InChI=1S/C33H27ClFN3O3S/c1-19(2)41-32(40)29-20(3)36-33-38(30(29)21-12-14-24(34)15-13-21)31(39)28(42-33)16-23-18-37(27-11-7-5-9-25(23)27)17-22-8-4-6-10-26(22)35/h4-16,18-19,30H,17H2,1-3H3. The first-order chi connectivity index (χ1) is 20.2. The first-order valence-corrected chi connectivity index (χ1v) is 14.7. The number of halogens is 2. The summed E-state index contributed by atoms with van der Waals surface area (Å²) in [5.74, 6) is -0.786. The van der Waals surface area contributed by atoms with Crippen molar-refractivity contribution >= 4 is 45.9 Å². The molecule has 212 valence electrons. The average Bonchev–Trinajstić information content (AvgIpc) is 3.45. The average molecular weight is 600 g/mol. The maximum absolute atomic E-state index is 14.5. The number of hydrogen-bond acceptors (Lipinski definition) is 5. The molecule has 9 heteroatoms. The van der Waals surface area contributed by atoms with Crippen molar-refractivity contribution in [1.29, 1.82) is 0 Å². The lowest BCUT2D eigenvalue weighted by Crippen LogP contribution is -2.40. The zero-order valence-corrected chi connectivity index (χ0v) is 24.7. The molecule has 0 radical (unpaired) electrons. The normalized spacial score (nSPS) is 15.3. The number of benzene rings is 3. The minimum absolute atomic E-state index is 0.269. The number of fused-ring (bicyclic) bond motifs is 2. The van der Waals surface area contributed by atoms with E-state index in [-0.39, 0.29) is 17.5 Å². The Balaban J connectivity index is 1.51. The van der Waals surface area contributed by atoms with Crippen LogP contribution in [0.5, 0.6) is 0 Å². The molecule has 0 fully saturated rings. The van der Waals surface area contributed by atoms with E-state index < -0.39 is 12.0 Å². The van der Waals surface area contributed by atoms with E-state index in [0.29, 0.717) is 37.7 Å². The van der Waals surface area contributed by atoms with Gasteiger partial charge in [0.05, 0.1) is 34.5 Å². The van der Waals surface area contributed by atoms with E-state index in [1.807, 2.05) is 59.3 Å². The van der Waals surface area contributed by atoms with Gasteiger partial charge in [-0.25, -0.2) is 14.2 Å². The second-order valence-corrected chi connectivity index (χ2v) is 11.9. The number of nitrogens with zero attached hydrogens (tertiary/aromatic N) is 3. The highest BCUT2D eigenvalue weighted by Gasteiger charge is 2.33. The summed E-state index contributed by atoms with van der Waals surface area (Å²) in [5, 5.41) is 1.48. The number of aromatic nitrogens is 2. The summed E-state index contributed by atoms with van der Waals surface area (Å²) in [5.41, 5.74) is 3.58. The molecule has 6 nitrogen and oxygen atoms in total. The Bertz CT molecular complexity index is 2050. The highest BCUT2D eigenvalue weighted by Crippen LogP contribution is 2.32. The predicted molar refractivity (Wildman–Crippen MR) is 164 cm³/mol. The summed E-state index contributed by atoms with van der Waals surface area (Å²) in [6, 6.07) is 20.9. The monoisotopic (exact) mass is 599 g/mol. The zero-order valence-electron chi connectivity index (χ0n) is 23.2. The lowest BCUT2D eigenvalue weighted by Gasteiger charge is -2.25. The Kier molecular flexibility index (Phi) is 7.43. The number of ether oxygens (including phenoxy) is 1. The van der Waals surface area contributed by atoms with Crippen molar-refractivity contribution in [3.63, 3.8) is 0 Å². The van der Waals surface area contributed by atoms with E-state index in [9.17, 15) is 14.0 Å². The second-order valence-electron chi connectivity index (χ2n) is 10.4. The van der Waals surface area contributed by atoms with Gasteiger partial charge in [0.15, 0.2) is 4.80 Å². The molecule has 3 aromatic carbocycles. The molecule has 0 spiro atoms. The Hall–Kier alpha value is -4.27. The van der Waals surface area contributed by atoms with Gasteiger partial charge in [-0.1, -0.05) is 71.5 Å². The van der Waals surface area contributed by atoms with Crippen LogP contribution in [0.3, 0.4) is 0 Å². The van der Waals surface area contributed by atoms with Gasteiger partial charge in [0.1, 0.15) is 5.82 Å². The Labute approximate surface area is 250 Å². The Morgan fingerprint density at radius 3 is 2.55 bits per heavy atom. The van der Waals surface area contributed by atoms with Crippen LogP contribution in [0.4, 0.5) is 4.39 Å². The molecule has 5 aromatic rings. The number of carbonyl (C=O) groups excluding carboxylic acids is 1. The maximum atomic E-state index is 14.5. The first-order valence-electron chi connectivity index (χ1n) is 13.5. The van der Waals surface area contributed by atoms with E-state index in [1.165, 1.54) is 17.4 Å². The Morgan fingerprint density at radius 2 is 1.81 bits per heavy atom. The number of carbonyl (C=O) groups is 1. The molecule has 42 heavy (non-hydrogen) atoms. The highest BCUT2D eigenvalue weighted by atomic mass is 35.5. The summed E-state index contributed by atoms with van der Waals surface area (Å²) in [7, 11) is 0. The summed E-state index contributed by atoms with van der Waals surface area (Å²) >= 11 is 7.43. The third kappa shape index (κ3) is 5.12. The van der Waals surface area contributed by atoms with Crippen LogP contribution in [0.2, 0.25) is 5.02 Å². The van der Waals surface area contributed by atoms with Gasteiger partial charge in [0, 0.05) is 33.2 Å². The van der Waals surface area contributed by atoms with Crippen molar-refractivity contribution in [3.05, 3.63) is 137 Å². The minimum atomic E-state index is -0.727. The van der Waals surface area contributed by atoms with Crippen LogP contribution >= 0.6 is 22.9 Å². The topological polar surface area (TPSA) is 65.6 Å². The van der Waals surface area contributed by atoms with Crippen molar-refractivity contribution in [2.45, 2.75) is 39.5 Å². The van der Waals surface area contributed by atoms with Crippen LogP contribution in [0.25, 0.3) is 17.0 Å². The smallest absolute Gasteiger partial charge is 0.338 e. The van der Waals surface area contributed by atoms with Crippen LogP contribution in [0.1, 0.15) is 43.5 Å². The molecule has 1 unspecified atom stereocenters. The SMILES string of the molecule is CC1=C(C(=O)OC(C)C)C(c2ccc(Cl)cc2)n2c(sc(=Cc3cn(Cc4ccccc4F)c4ccccc34)c2=O)=N1. The van der Waals surface area contributed by atoms with E-state index in [4.69, 9.17) is 16.3 Å². The molecular formula is C33H27ClFN3O3S. The van der Waals surface area contributed by atoms with Gasteiger partial charge in [-0.3, -0.25) is 9.36 Å². The molecule has 0 N–H and O–H groups in total. The highest BCUT2D eigenvalue weighted by molar-refractivity contribution is 7.07. The molecule has 1 aliphatic rings. The largest absolute Gasteiger partial charge is 0.459 e. The second kappa shape index (κ2) is 11.2. The van der Waals surface area contributed by atoms with Crippen LogP contribution in [-0.2, 0) is 16.1 Å². The number of allylic oxidation sites excluding steroid dienone is 1. The van der Waals surface area contributed by atoms with Crippen LogP contribution in [0.15, 0.2) is 100 Å². The fourth-order valence-corrected chi connectivity index (χ4v) is 6.46. The predicted octanol–water partition coefficient (Wildman–Crippen LogP) is 5.98. The molecule has 0 saturated carbocycles. The van der Waals surface area contributed by atoms with Crippen LogP contribution < -0.4 is 14.9 Å². The van der Waals surface area contributed by atoms with E-state index >= 15 is 0 Å². The van der Waals surface area contributed by atoms with Crippen LogP contribution in [0, 0.1) is 5.82 Å². The third-order valence-corrected chi connectivity index (χ3v) is 8.41. The van der Waals surface area contributed by atoms with E-state index in [2.05, 4.69) is 4.99 Å². The number of para-hydroxylation sites is 1. The maximum Gasteiger partial charge on any atom is 0.338 e. The van der Waals surface area contributed by atoms with Gasteiger partial charge in [-0.05, 0) is 56.7 Å². The lowest BCUT2D eigenvalue weighted by atomic mass is 9.96. The van der Waals surface area contributed by atoms with Crippen LogP contribution in [-0.4, -0.2) is 21.2 Å². The molecule has 2 aromatic heterocycles. The molecule has 0 amide bonds. The summed E-state index contributed by atoms with van der Waals surface area (Å²) in [6.07, 6.45) is 3.44. The number of thiazole rings is 1. The summed E-state index contributed by atoms with van der Waals surface area (Å²) in [4.78, 5) is 32.5. The molecule has 0 aliphatic carbocycles. The molecule has 6 rings (SSSR count).